The first-order chi connectivity index (χ1) is 15.6. The summed E-state index contributed by atoms with van der Waals surface area (Å²) >= 11 is 0. The van der Waals surface area contributed by atoms with Crippen LogP contribution >= 0.6 is 0 Å². The number of carbonyl (C=O) groups is 2. The molecular weight excluding hydrogens is 404 g/mol. The van der Waals surface area contributed by atoms with E-state index in [0.29, 0.717) is 23.7 Å². The number of hydrogen-bond donors (Lipinski definition) is 2. The number of aryl methyl sites for hydroxylation is 1. The van der Waals surface area contributed by atoms with Crippen LogP contribution in [0.3, 0.4) is 0 Å². The van der Waals surface area contributed by atoms with Gasteiger partial charge in [-0.25, -0.2) is 0 Å². The van der Waals surface area contributed by atoms with Crippen molar-refractivity contribution in [1.29, 1.82) is 0 Å². The molecule has 1 aliphatic rings. The van der Waals surface area contributed by atoms with Gasteiger partial charge in [-0.2, -0.15) is 0 Å². The van der Waals surface area contributed by atoms with Gasteiger partial charge >= 0.3 is 0 Å². The average molecular weight is 431 g/mol. The number of carbonyl (C=O) groups excluding carboxylic acids is 2. The normalized spacial score (nSPS) is 12.7. The molecule has 0 spiro atoms. The minimum absolute atomic E-state index is 0.0330. The summed E-state index contributed by atoms with van der Waals surface area (Å²) in [4.78, 5) is 24.3. The monoisotopic (exact) mass is 430 g/mol. The first-order valence-electron chi connectivity index (χ1n) is 10.7. The fraction of sp³-hybridized carbons (Fsp3) is 0.231. The lowest BCUT2D eigenvalue weighted by Crippen LogP contribution is -2.21. The largest absolute Gasteiger partial charge is 0.489 e. The highest BCUT2D eigenvalue weighted by molar-refractivity contribution is 5.96. The van der Waals surface area contributed by atoms with Crippen molar-refractivity contribution < 1.29 is 19.1 Å². The number of amides is 2. The van der Waals surface area contributed by atoms with Crippen molar-refractivity contribution in [2.75, 3.05) is 17.2 Å². The Morgan fingerprint density at radius 1 is 0.875 bits per heavy atom. The van der Waals surface area contributed by atoms with Crippen LogP contribution in [0.4, 0.5) is 11.4 Å². The molecule has 0 heterocycles. The van der Waals surface area contributed by atoms with Crippen molar-refractivity contribution in [2.24, 2.45) is 5.92 Å². The molecule has 0 aliphatic heterocycles. The van der Waals surface area contributed by atoms with Crippen molar-refractivity contribution in [3.05, 3.63) is 83.9 Å². The zero-order valence-corrected chi connectivity index (χ0v) is 18.0. The van der Waals surface area contributed by atoms with Crippen LogP contribution in [0.25, 0.3) is 0 Å². The number of ether oxygens (including phenoxy) is 2. The van der Waals surface area contributed by atoms with Crippen LogP contribution < -0.4 is 20.1 Å². The molecule has 2 amide bonds. The first kappa shape index (κ1) is 21.4. The van der Waals surface area contributed by atoms with Crippen LogP contribution in [-0.2, 0) is 16.2 Å². The molecule has 3 aromatic carbocycles. The number of rotatable bonds is 9. The summed E-state index contributed by atoms with van der Waals surface area (Å²) in [5, 5.41) is 5.74. The highest BCUT2D eigenvalue weighted by atomic mass is 16.5. The van der Waals surface area contributed by atoms with E-state index in [2.05, 4.69) is 10.6 Å². The van der Waals surface area contributed by atoms with E-state index in [9.17, 15) is 9.59 Å². The third kappa shape index (κ3) is 6.11. The second-order valence-electron chi connectivity index (χ2n) is 7.88. The molecule has 6 nitrogen and oxygen atoms in total. The molecule has 0 aromatic heterocycles. The number of hydrogen-bond acceptors (Lipinski definition) is 4. The van der Waals surface area contributed by atoms with Crippen LogP contribution in [0.2, 0.25) is 0 Å². The summed E-state index contributed by atoms with van der Waals surface area (Å²) in [5.41, 5.74) is 3.32. The van der Waals surface area contributed by atoms with Crippen LogP contribution in [0.15, 0.2) is 72.8 Å². The van der Waals surface area contributed by atoms with E-state index in [1.807, 2.05) is 61.5 Å². The summed E-state index contributed by atoms with van der Waals surface area (Å²) in [6.45, 7) is 2.27. The lowest BCUT2D eigenvalue weighted by Gasteiger charge is -2.12. The number of nitrogens with one attached hydrogen (secondary N) is 2. The van der Waals surface area contributed by atoms with Crippen molar-refractivity contribution in [1.82, 2.24) is 0 Å². The second-order valence-corrected chi connectivity index (χ2v) is 7.88. The standard InChI is InChI=1S/C26H26N2O4/c1-18-7-10-21(27-26(30)20-8-9-20)15-24(18)28-25(29)17-32-23-13-11-22(12-14-23)31-16-19-5-3-2-4-6-19/h2-7,10-15,20H,8-9,16-17H2,1H3,(H,27,30)(H,28,29). The third-order valence-corrected chi connectivity index (χ3v) is 5.17. The Bertz CT molecular complexity index is 1080. The second kappa shape index (κ2) is 10.0. The summed E-state index contributed by atoms with van der Waals surface area (Å²) in [7, 11) is 0. The van der Waals surface area contributed by atoms with Crippen LogP contribution in [0.1, 0.15) is 24.0 Å². The summed E-state index contributed by atoms with van der Waals surface area (Å²) < 4.78 is 11.4. The molecule has 6 heteroatoms. The molecule has 0 atom stereocenters. The van der Waals surface area contributed by atoms with Gasteiger partial charge in [0.05, 0.1) is 0 Å². The van der Waals surface area contributed by atoms with Gasteiger partial charge in [-0.05, 0) is 67.3 Å². The first-order valence-corrected chi connectivity index (χ1v) is 10.7. The van der Waals surface area contributed by atoms with Gasteiger partial charge in [0.15, 0.2) is 6.61 Å². The van der Waals surface area contributed by atoms with Crippen molar-refractivity contribution in [3.63, 3.8) is 0 Å². The maximum atomic E-state index is 12.4. The van der Waals surface area contributed by atoms with E-state index >= 15 is 0 Å². The van der Waals surface area contributed by atoms with Gasteiger partial charge in [-0.15, -0.1) is 0 Å². The Kier molecular flexibility index (Phi) is 6.70. The maximum Gasteiger partial charge on any atom is 0.262 e. The number of anilines is 2. The van der Waals surface area contributed by atoms with Crippen LogP contribution in [0.5, 0.6) is 11.5 Å². The topological polar surface area (TPSA) is 76.7 Å². The summed E-state index contributed by atoms with van der Waals surface area (Å²) in [6.07, 6.45) is 1.89. The predicted octanol–water partition coefficient (Wildman–Crippen LogP) is 4.94. The van der Waals surface area contributed by atoms with Crippen LogP contribution in [-0.4, -0.2) is 18.4 Å². The van der Waals surface area contributed by atoms with Crippen molar-refractivity contribution in [3.8, 4) is 11.5 Å². The van der Waals surface area contributed by atoms with E-state index in [-0.39, 0.29) is 24.3 Å². The maximum absolute atomic E-state index is 12.4. The highest BCUT2D eigenvalue weighted by Crippen LogP contribution is 2.31. The zero-order valence-electron chi connectivity index (χ0n) is 18.0. The van der Waals surface area contributed by atoms with Gasteiger partial charge in [0.2, 0.25) is 5.91 Å². The average Bonchev–Trinajstić information content (AvgIpc) is 3.66. The molecule has 1 saturated carbocycles. The molecule has 4 rings (SSSR count). The van der Waals surface area contributed by atoms with E-state index in [0.717, 1.165) is 29.7 Å². The molecule has 32 heavy (non-hydrogen) atoms. The molecule has 1 aliphatic carbocycles. The minimum Gasteiger partial charge on any atom is -0.489 e. The molecule has 0 bridgehead atoms. The van der Waals surface area contributed by atoms with Gasteiger partial charge in [-0.3, -0.25) is 9.59 Å². The molecule has 0 radical (unpaired) electrons. The third-order valence-electron chi connectivity index (χ3n) is 5.17. The lowest BCUT2D eigenvalue weighted by atomic mass is 10.1. The molecule has 0 saturated heterocycles. The smallest absolute Gasteiger partial charge is 0.262 e. The lowest BCUT2D eigenvalue weighted by molar-refractivity contribution is -0.118. The quantitative estimate of drug-likeness (QED) is 0.504. The Balaban J connectivity index is 1.26. The van der Waals surface area contributed by atoms with Crippen molar-refractivity contribution >= 4 is 23.2 Å². The van der Waals surface area contributed by atoms with Gasteiger partial charge in [0.25, 0.3) is 5.91 Å². The Hall–Kier alpha value is -3.80. The minimum atomic E-state index is -0.275. The molecular formula is C26H26N2O4. The highest BCUT2D eigenvalue weighted by Gasteiger charge is 2.29. The van der Waals surface area contributed by atoms with Gasteiger partial charge in [0.1, 0.15) is 18.1 Å². The molecule has 164 valence electrons. The molecule has 2 N–H and O–H groups in total. The Labute approximate surface area is 187 Å². The van der Waals surface area contributed by atoms with Gasteiger partial charge in [-0.1, -0.05) is 36.4 Å². The van der Waals surface area contributed by atoms with Gasteiger partial charge in [0, 0.05) is 17.3 Å². The summed E-state index contributed by atoms with van der Waals surface area (Å²) in [5.74, 6) is 1.19. The van der Waals surface area contributed by atoms with E-state index in [1.54, 1.807) is 18.2 Å². The zero-order chi connectivity index (χ0) is 22.3. The van der Waals surface area contributed by atoms with Gasteiger partial charge < -0.3 is 20.1 Å². The van der Waals surface area contributed by atoms with E-state index in [4.69, 9.17) is 9.47 Å². The fourth-order valence-electron chi connectivity index (χ4n) is 3.13. The van der Waals surface area contributed by atoms with E-state index < -0.39 is 0 Å². The van der Waals surface area contributed by atoms with Crippen LogP contribution in [0, 0.1) is 12.8 Å². The molecule has 3 aromatic rings. The summed E-state index contributed by atoms with van der Waals surface area (Å²) in [6, 6.07) is 22.6. The molecule has 1 fully saturated rings. The Morgan fingerprint density at radius 2 is 1.56 bits per heavy atom. The van der Waals surface area contributed by atoms with E-state index in [1.165, 1.54) is 0 Å². The molecule has 0 unspecified atom stereocenters. The Morgan fingerprint density at radius 3 is 2.25 bits per heavy atom. The van der Waals surface area contributed by atoms with Crippen molar-refractivity contribution in [2.45, 2.75) is 26.4 Å². The SMILES string of the molecule is Cc1ccc(NC(=O)C2CC2)cc1NC(=O)COc1ccc(OCc2ccccc2)cc1. The predicted molar refractivity (Wildman–Crippen MR) is 124 cm³/mol. The number of benzene rings is 3. The fourth-order valence-corrected chi connectivity index (χ4v) is 3.13.